The maximum absolute atomic E-state index is 11.1. The number of rotatable bonds is 12. The smallest absolute Gasteiger partial charge is 0.333 e. The van der Waals surface area contributed by atoms with Crippen molar-refractivity contribution in [1.29, 1.82) is 0 Å². The maximum Gasteiger partial charge on any atom is 0.333 e. The van der Waals surface area contributed by atoms with Crippen LogP contribution in [0.3, 0.4) is 0 Å². The van der Waals surface area contributed by atoms with Gasteiger partial charge in [0.15, 0.2) is 0 Å². The lowest BCUT2D eigenvalue weighted by Gasteiger charge is -2.04. The van der Waals surface area contributed by atoms with Crippen LogP contribution in [0.15, 0.2) is 37.6 Å². The molecule has 0 amide bonds. The highest BCUT2D eigenvalue weighted by Crippen LogP contribution is 2.09. The molecule has 0 atom stereocenters. The van der Waals surface area contributed by atoms with E-state index < -0.39 is 0 Å². The van der Waals surface area contributed by atoms with Crippen LogP contribution in [0, 0.1) is 0 Å². The Kier molecular flexibility index (Phi) is 26.7. The molecule has 0 saturated carbocycles. The number of esters is 3. The van der Waals surface area contributed by atoms with Crippen molar-refractivity contribution in [2.45, 2.75) is 72.6 Å². The molecule has 0 aliphatic rings. The first kappa shape index (κ1) is 30.4. The minimum absolute atomic E-state index is 0.237. The second kappa shape index (κ2) is 24.6. The van der Waals surface area contributed by atoms with Crippen molar-refractivity contribution in [2.75, 3.05) is 13.2 Å². The van der Waals surface area contributed by atoms with Gasteiger partial charge < -0.3 is 14.2 Å². The van der Waals surface area contributed by atoms with Crippen molar-refractivity contribution in [3.63, 3.8) is 0 Å². The molecule has 0 bridgehead atoms. The van der Waals surface area contributed by atoms with E-state index in [0.717, 1.165) is 31.9 Å². The van der Waals surface area contributed by atoms with E-state index in [1.807, 2.05) is 13.8 Å². The Labute approximate surface area is 170 Å². The molecule has 6 nitrogen and oxygen atoms in total. The summed E-state index contributed by atoms with van der Waals surface area (Å²) in [5.74, 6) is -0.896. The molecule has 0 aliphatic carbocycles. The highest BCUT2D eigenvalue weighted by molar-refractivity contribution is 5.87. The minimum atomic E-state index is -0.330. The third-order valence-corrected chi connectivity index (χ3v) is 3.05. The van der Waals surface area contributed by atoms with E-state index in [2.05, 4.69) is 36.1 Å². The number of carbonyl (C=O) groups is 3. The third kappa shape index (κ3) is 28.4. The van der Waals surface area contributed by atoms with Crippen molar-refractivity contribution in [1.82, 2.24) is 0 Å². The molecule has 0 unspecified atom stereocenters. The zero-order chi connectivity index (χ0) is 22.2. The van der Waals surface area contributed by atoms with Gasteiger partial charge in [-0.05, 0) is 26.2 Å². The van der Waals surface area contributed by atoms with Crippen molar-refractivity contribution >= 4 is 17.9 Å². The lowest BCUT2D eigenvalue weighted by Crippen LogP contribution is -2.06. The van der Waals surface area contributed by atoms with Crippen LogP contribution in [0.4, 0.5) is 0 Å². The number of carbonyl (C=O) groups excluding carboxylic acids is 3. The lowest BCUT2D eigenvalue weighted by molar-refractivity contribution is -0.139. The quantitative estimate of drug-likeness (QED) is 0.146. The van der Waals surface area contributed by atoms with Crippen LogP contribution in [-0.2, 0) is 28.6 Å². The molecule has 0 aliphatic heterocycles. The Hall–Kier alpha value is -2.37. The summed E-state index contributed by atoms with van der Waals surface area (Å²) < 4.78 is 13.7. The van der Waals surface area contributed by atoms with Crippen LogP contribution in [0.5, 0.6) is 0 Å². The Bertz CT molecular complexity index is 454. The summed E-state index contributed by atoms with van der Waals surface area (Å²) in [4.78, 5) is 31.2. The number of ether oxygens (including phenoxy) is 3. The van der Waals surface area contributed by atoms with Crippen LogP contribution in [0.2, 0.25) is 0 Å². The zero-order valence-electron chi connectivity index (χ0n) is 18.1. The van der Waals surface area contributed by atoms with E-state index in [-0.39, 0.29) is 17.9 Å². The molecule has 0 fully saturated rings. The maximum atomic E-state index is 11.1. The van der Waals surface area contributed by atoms with E-state index >= 15 is 0 Å². The fraction of sp³-hybridized carbons (Fsp3) is 0.591. The highest BCUT2D eigenvalue weighted by atomic mass is 16.5. The van der Waals surface area contributed by atoms with Gasteiger partial charge in [-0.3, -0.25) is 4.79 Å². The molecule has 0 rings (SSSR count). The highest BCUT2D eigenvalue weighted by Gasteiger charge is 2.06. The van der Waals surface area contributed by atoms with E-state index in [4.69, 9.17) is 4.74 Å². The predicted octanol–water partition coefficient (Wildman–Crippen LogP) is 5.28. The fourth-order valence-corrected chi connectivity index (χ4v) is 1.59. The van der Waals surface area contributed by atoms with Gasteiger partial charge in [-0.1, -0.05) is 59.3 Å². The SMILES string of the molecule is C=C(CCCCCC)C(=O)OCC.C=CC(=O)OCCCC.C=COC(C)=O. The van der Waals surface area contributed by atoms with Crippen LogP contribution >= 0.6 is 0 Å². The summed E-state index contributed by atoms with van der Waals surface area (Å²) in [6, 6.07) is 0. The second-order valence-electron chi connectivity index (χ2n) is 5.64. The van der Waals surface area contributed by atoms with Gasteiger partial charge in [-0.25, -0.2) is 9.59 Å². The average Bonchev–Trinajstić information content (AvgIpc) is 2.66. The summed E-state index contributed by atoms with van der Waals surface area (Å²) >= 11 is 0. The van der Waals surface area contributed by atoms with Gasteiger partial charge in [-0.2, -0.15) is 0 Å². The van der Waals surface area contributed by atoms with Gasteiger partial charge in [0.05, 0.1) is 19.5 Å². The average molecular weight is 399 g/mol. The number of hydrogen-bond donors (Lipinski definition) is 0. The van der Waals surface area contributed by atoms with E-state index in [1.165, 1.54) is 32.3 Å². The topological polar surface area (TPSA) is 78.9 Å². The van der Waals surface area contributed by atoms with E-state index in [9.17, 15) is 14.4 Å². The molecule has 0 heterocycles. The fourth-order valence-electron chi connectivity index (χ4n) is 1.59. The van der Waals surface area contributed by atoms with Crippen molar-refractivity contribution < 1.29 is 28.6 Å². The van der Waals surface area contributed by atoms with Gasteiger partial charge in [0.25, 0.3) is 0 Å². The van der Waals surface area contributed by atoms with Gasteiger partial charge in [0.2, 0.25) is 0 Å². The zero-order valence-corrected chi connectivity index (χ0v) is 18.1. The van der Waals surface area contributed by atoms with Crippen molar-refractivity contribution in [2.24, 2.45) is 0 Å². The molecule has 0 N–H and O–H groups in total. The Morgan fingerprint density at radius 3 is 1.89 bits per heavy atom. The van der Waals surface area contributed by atoms with Crippen LogP contribution in [0.25, 0.3) is 0 Å². The predicted molar refractivity (Wildman–Crippen MR) is 113 cm³/mol. The Morgan fingerprint density at radius 2 is 1.50 bits per heavy atom. The largest absolute Gasteiger partial charge is 0.463 e. The first-order chi connectivity index (χ1) is 13.3. The van der Waals surface area contributed by atoms with Crippen molar-refractivity contribution in [3.05, 3.63) is 37.6 Å². The van der Waals surface area contributed by atoms with Crippen LogP contribution < -0.4 is 0 Å². The molecule has 162 valence electrons. The van der Waals surface area contributed by atoms with E-state index in [0.29, 0.717) is 18.8 Å². The summed E-state index contributed by atoms with van der Waals surface area (Å²) in [5, 5.41) is 0. The number of hydrogen-bond acceptors (Lipinski definition) is 6. The monoisotopic (exact) mass is 398 g/mol. The van der Waals surface area contributed by atoms with Gasteiger partial charge in [0, 0.05) is 18.6 Å². The molecule has 28 heavy (non-hydrogen) atoms. The van der Waals surface area contributed by atoms with E-state index in [1.54, 1.807) is 0 Å². The molecule has 0 saturated heterocycles. The lowest BCUT2D eigenvalue weighted by atomic mass is 10.1. The molecule has 6 heteroatoms. The van der Waals surface area contributed by atoms with Gasteiger partial charge in [-0.15, -0.1) is 0 Å². The van der Waals surface area contributed by atoms with Crippen molar-refractivity contribution in [3.8, 4) is 0 Å². The summed E-state index contributed by atoms with van der Waals surface area (Å²) in [6.07, 6.45) is 9.70. The molecule has 0 aromatic heterocycles. The van der Waals surface area contributed by atoms with Gasteiger partial charge in [0.1, 0.15) is 0 Å². The Morgan fingerprint density at radius 1 is 0.893 bits per heavy atom. The molecule has 0 aromatic rings. The summed E-state index contributed by atoms with van der Waals surface area (Å²) in [6.45, 7) is 18.4. The standard InChI is InChI=1S/C11H20O2.C7H12O2.C4H6O2/c1-4-6-7-8-9-10(3)11(12)13-5-2;1-3-5-6-9-7(8)4-2;1-3-6-4(2)5/h3-9H2,1-2H3;4H,2-3,5-6H2,1H3;3H,1H2,2H3. The van der Waals surface area contributed by atoms with Crippen LogP contribution in [0.1, 0.15) is 72.6 Å². The first-order valence-corrected chi connectivity index (χ1v) is 9.72. The molecule has 0 aromatic carbocycles. The minimum Gasteiger partial charge on any atom is -0.463 e. The van der Waals surface area contributed by atoms with Crippen LogP contribution in [-0.4, -0.2) is 31.1 Å². The first-order valence-electron chi connectivity index (χ1n) is 9.72. The molecule has 0 spiro atoms. The van der Waals surface area contributed by atoms with Gasteiger partial charge >= 0.3 is 17.9 Å². The summed E-state index contributed by atoms with van der Waals surface area (Å²) in [5.41, 5.74) is 0.609. The Balaban J connectivity index is -0.000000362. The normalized spacial score (nSPS) is 8.71. The third-order valence-electron chi connectivity index (χ3n) is 3.05. The summed E-state index contributed by atoms with van der Waals surface area (Å²) in [7, 11) is 0. The molecular formula is C22H38O6. The number of unbranched alkanes of at least 4 members (excludes halogenated alkanes) is 4. The molecular weight excluding hydrogens is 360 g/mol. The molecule has 0 radical (unpaired) electrons. The second-order valence-corrected chi connectivity index (χ2v) is 5.64.